The van der Waals surface area contributed by atoms with Crippen LogP contribution in [0.15, 0.2) is 18.3 Å². The average molecular weight is 312 g/mol. The lowest BCUT2D eigenvalue weighted by molar-refractivity contribution is 0.0588. The van der Waals surface area contributed by atoms with Crippen molar-refractivity contribution in [3.8, 4) is 0 Å². The Kier molecular flexibility index (Phi) is 4.14. The Labute approximate surface area is 139 Å². The quantitative estimate of drug-likeness (QED) is 0.829. The van der Waals surface area contributed by atoms with Gasteiger partial charge >= 0.3 is 0 Å². The standard InChI is InChI=1S/C20H28N2O/c1-14-3-6-19-18(13-21-22(19)2)20(14)17-5-4-16(12-17)11-15-7-9-23-10-8-15/h3,6,13,15-17H,4-5,7-12H2,1-2H3. The molecule has 124 valence electrons. The maximum Gasteiger partial charge on any atom is 0.0682 e. The lowest BCUT2D eigenvalue weighted by Crippen LogP contribution is -2.18. The number of ether oxygens (including phenoxy) is 1. The van der Waals surface area contributed by atoms with Crippen molar-refractivity contribution in [2.24, 2.45) is 18.9 Å². The summed E-state index contributed by atoms with van der Waals surface area (Å²) in [6, 6.07) is 4.50. The Hall–Kier alpha value is -1.35. The Morgan fingerprint density at radius 2 is 1.96 bits per heavy atom. The Morgan fingerprint density at radius 1 is 1.13 bits per heavy atom. The molecule has 0 bridgehead atoms. The van der Waals surface area contributed by atoms with E-state index in [1.54, 1.807) is 5.56 Å². The molecule has 0 N–H and O–H groups in total. The summed E-state index contributed by atoms with van der Waals surface area (Å²) in [4.78, 5) is 0. The van der Waals surface area contributed by atoms with Gasteiger partial charge in [0.15, 0.2) is 0 Å². The first kappa shape index (κ1) is 15.2. The molecule has 2 heterocycles. The fourth-order valence-corrected chi connectivity index (χ4v) is 4.90. The van der Waals surface area contributed by atoms with Gasteiger partial charge in [-0.05, 0) is 80.4 Å². The molecule has 2 aliphatic rings. The number of fused-ring (bicyclic) bond motifs is 1. The monoisotopic (exact) mass is 312 g/mol. The maximum absolute atomic E-state index is 5.51. The summed E-state index contributed by atoms with van der Waals surface area (Å²) in [7, 11) is 2.05. The van der Waals surface area contributed by atoms with Crippen LogP contribution in [0.1, 0.15) is 55.6 Å². The molecule has 23 heavy (non-hydrogen) atoms. The highest BCUT2D eigenvalue weighted by atomic mass is 16.5. The SMILES string of the molecule is Cc1ccc2c(cnn2C)c1C1CCC(CC2CCOCC2)C1. The molecule has 1 aromatic heterocycles. The molecule has 1 aliphatic heterocycles. The van der Waals surface area contributed by atoms with Crippen LogP contribution in [0.2, 0.25) is 0 Å². The van der Waals surface area contributed by atoms with E-state index >= 15 is 0 Å². The van der Waals surface area contributed by atoms with E-state index in [1.807, 2.05) is 11.7 Å². The van der Waals surface area contributed by atoms with Crippen LogP contribution in [-0.4, -0.2) is 23.0 Å². The van der Waals surface area contributed by atoms with Gasteiger partial charge in [-0.3, -0.25) is 4.68 Å². The average Bonchev–Trinajstić information content (AvgIpc) is 3.16. The smallest absolute Gasteiger partial charge is 0.0682 e. The van der Waals surface area contributed by atoms with Crippen molar-refractivity contribution >= 4 is 10.9 Å². The highest BCUT2D eigenvalue weighted by molar-refractivity contribution is 5.84. The van der Waals surface area contributed by atoms with Crippen molar-refractivity contribution in [3.05, 3.63) is 29.5 Å². The summed E-state index contributed by atoms with van der Waals surface area (Å²) >= 11 is 0. The lowest BCUT2D eigenvalue weighted by atomic mass is 9.86. The van der Waals surface area contributed by atoms with Gasteiger partial charge in [-0.2, -0.15) is 5.10 Å². The predicted molar refractivity (Wildman–Crippen MR) is 93.7 cm³/mol. The second-order valence-corrected chi connectivity index (χ2v) is 7.66. The molecule has 1 saturated carbocycles. The van der Waals surface area contributed by atoms with Crippen LogP contribution >= 0.6 is 0 Å². The minimum Gasteiger partial charge on any atom is -0.381 e. The largest absolute Gasteiger partial charge is 0.381 e. The topological polar surface area (TPSA) is 27.1 Å². The van der Waals surface area contributed by atoms with Crippen molar-refractivity contribution in [2.45, 2.75) is 51.4 Å². The number of hydrogen-bond acceptors (Lipinski definition) is 2. The molecule has 2 atom stereocenters. The van der Waals surface area contributed by atoms with E-state index in [9.17, 15) is 0 Å². The maximum atomic E-state index is 5.51. The Morgan fingerprint density at radius 3 is 2.78 bits per heavy atom. The number of benzene rings is 1. The van der Waals surface area contributed by atoms with Gasteiger partial charge in [-0.15, -0.1) is 0 Å². The second kappa shape index (κ2) is 6.27. The zero-order chi connectivity index (χ0) is 15.8. The highest BCUT2D eigenvalue weighted by Crippen LogP contribution is 2.45. The van der Waals surface area contributed by atoms with Gasteiger partial charge in [0.1, 0.15) is 0 Å². The molecule has 3 nitrogen and oxygen atoms in total. The molecule has 3 heteroatoms. The van der Waals surface area contributed by atoms with Gasteiger partial charge in [0.05, 0.1) is 11.7 Å². The number of rotatable bonds is 3. The second-order valence-electron chi connectivity index (χ2n) is 7.66. The van der Waals surface area contributed by atoms with E-state index in [-0.39, 0.29) is 0 Å². The van der Waals surface area contributed by atoms with Crippen molar-refractivity contribution in [1.82, 2.24) is 9.78 Å². The number of aromatic nitrogens is 2. The summed E-state index contributed by atoms with van der Waals surface area (Å²) in [6.07, 6.45) is 10.2. The van der Waals surface area contributed by atoms with Gasteiger partial charge in [0.25, 0.3) is 0 Å². The molecule has 2 aromatic rings. The zero-order valence-electron chi connectivity index (χ0n) is 14.4. The molecule has 1 saturated heterocycles. The van der Waals surface area contributed by atoms with E-state index in [1.165, 1.54) is 55.0 Å². The first-order chi connectivity index (χ1) is 11.2. The van der Waals surface area contributed by atoms with Gasteiger partial charge in [-0.1, -0.05) is 6.07 Å². The van der Waals surface area contributed by atoms with Crippen LogP contribution in [-0.2, 0) is 11.8 Å². The zero-order valence-corrected chi connectivity index (χ0v) is 14.4. The van der Waals surface area contributed by atoms with Crippen molar-refractivity contribution in [2.75, 3.05) is 13.2 Å². The van der Waals surface area contributed by atoms with Crippen LogP contribution < -0.4 is 0 Å². The van der Waals surface area contributed by atoms with Gasteiger partial charge in [-0.25, -0.2) is 0 Å². The van der Waals surface area contributed by atoms with Gasteiger partial charge in [0.2, 0.25) is 0 Å². The third-order valence-corrected chi connectivity index (χ3v) is 6.15. The summed E-state index contributed by atoms with van der Waals surface area (Å²) in [5, 5.41) is 5.86. The summed E-state index contributed by atoms with van der Waals surface area (Å²) < 4.78 is 7.52. The molecule has 2 fully saturated rings. The number of nitrogens with zero attached hydrogens (tertiary/aromatic N) is 2. The Bertz CT molecular complexity index is 684. The van der Waals surface area contributed by atoms with Gasteiger partial charge in [0, 0.05) is 25.6 Å². The molecular formula is C20H28N2O. The highest BCUT2D eigenvalue weighted by Gasteiger charge is 2.30. The summed E-state index contributed by atoms with van der Waals surface area (Å²) in [6.45, 7) is 4.23. The van der Waals surface area contributed by atoms with Crippen LogP contribution in [0.5, 0.6) is 0 Å². The van der Waals surface area contributed by atoms with E-state index in [0.717, 1.165) is 31.0 Å². The minimum atomic E-state index is 0.729. The lowest BCUT2D eigenvalue weighted by Gasteiger charge is -2.25. The van der Waals surface area contributed by atoms with Crippen LogP contribution in [0.25, 0.3) is 10.9 Å². The number of hydrogen-bond donors (Lipinski definition) is 0. The van der Waals surface area contributed by atoms with Crippen molar-refractivity contribution in [1.29, 1.82) is 0 Å². The molecule has 4 rings (SSSR count). The molecular weight excluding hydrogens is 284 g/mol. The summed E-state index contributed by atoms with van der Waals surface area (Å²) in [5.74, 6) is 2.55. The van der Waals surface area contributed by atoms with E-state index in [2.05, 4.69) is 30.4 Å². The normalized spacial score (nSPS) is 26.2. The molecule has 0 radical (unpaired) electrons. The van der Waals surface area contributed by atoms with Crippen molar-refractivity contribution < 1.29 is 4.74 Å². The first-order valence-corrected chi connectivity index (χ1v) is 9.21. The molecule has 2 unspecified atom stereocenters. The predicted octanol–water partition coefficient (Wildman–Crippen LogP) is 4.58. The molecule has 0 amide bonds. The van der Waals surface area contributed by atoms with E-state index < -0.39 is 0 Å². The number of aryl methyl sites for hydroxylation is 2. The third-order valence-electron chi connectivity index (χ3n) is 6.15. The fourth-order valence-electron chi connectivity index (χ4n) is 4.90. The van der Waals surface area contributed by atoms with Gasteiger partial charge < -0.3 is 4.74 Å². The minimum absolute atomic E-state index is 0.729. The fraction of sp³-hybridized carbons (Fsp3) is 0.650. The molecule has 0 spiro atoms. The third kappa shape index (κ3) is 2.91. The van der Waals surface area contributed by atoms with E-state index in [0.29, 0.717) is 0 Å². The summed E-state index contributed by atoms with van der Waals surface area (Å²) in [5.41, 5.74) is 4.30. The Balaban J connectivity index is 1.52. The van der Waals surface area contributed by atoms with E-state index in [4.69, 9.17) is 4.74 Å². The molecule has 1 aromatic carbocycles. The van der Waals surface area contributed by atoms with Crippen LogP contribution in [0, 0.1) is 18.8 Å². The van der Waals surface area contributed by atoms with Crippen molar-refractivity contribution in [3.63, 3.8) is 0 Å². The molecule has 1 aliphatic carbocycles. The van der Waals surface area contributed by atoms with Crippen LogP contribution in [0.3, 0.4) is 0 Å². The first-order valence-electron chi connectivity index (χ1n) is 9.21. The van der Waals surface area contributed by atoms with Crippen LogP contribution in [0.4, 0.5) is 0 Å².